The number of rotatable bonds is 8. The average molecular weight is 404 g/mol. The van der Waals surface area contributed by atoms with Gasteiger partial charge in [-0.05, 0) is 32.3 Å². The van der Waals surface area contributed by atoms with Gasteiger partial charge in [-0.2, -0.15) is 0 Å². The molecule has 0 spiro atoms. The van der Waals surface area contributed by atoms with Gasteiger partial charge in [-0.25, -0.2) is 4.79 Å². The predicted molar refractivity (Wildman–Crippen MR) is 104 cm³/mol. The van der Waals surface area contributed by atoms with Crippen LogP contribution in [0.4, 0.5) is 0 Å². The molecule has 1 aromatic carbocycles. The van der Waals surface area contributed by atoms with Crippen molar-refractivity contribution in [1.29, 1.82) is 0 Å². The summed E-state index contributed by atoms with van der Waals surface area (Å²) < 4.78 is 10.6. The first kappa shape index (κ1) is 21.3. The Morgan fingerprint density at radius 1 is 1.28 bits per heavy atom. The Bertz CT molecular complexity index is 740. The van der Waals surface area contributed by atoms with Crippen LogP contribution in [0.3, 0.4) is 0 Å². The van der Waals surface area contributed by atoms with Crippen LogP contribution in [0.2, 0.25) is 0 Å². The molecule has 3 rings (SSSR count). The van der Waals surface area contributed by atoms with Crippen LogP contribution in [0.15, 0.2) is 30.3 Å². The number of aliphatic carboxylic acids is 1. The van der Waals surface area contributed by atoms with Gasteiger partial charge in [0.1, 0.15) is 12.1 Å². The van der Waals surface area contributed by atoms with Crippen LogP contribution in [0.1, 0.15) is 25.8 Å². The van der Waals surface area contributed by atoms with Crippen molar-refractivity contribution < 1.29 is 29.0 Å². The van der Waals surface area contributed by atoms with Gasteiger partial charge in [0, 0.05) is 5.92 Å². The van der Waals surface area contributed by atoms with E-state index in [1.54, 1.807) is 13.8 Å². The molecule has 2 N–H and O–H groups in total. The molecule has 2 fully saturated rings. The van der Waals surface area contributed by atoms with Crippen molar-refractivity contribution >= 4 is 17.8 Å². The van der Waals surface area contributed by atoms with Crippen molar-refractivity contribution in [3.8, 4) is 0 Å². The van der Waals surface area contributed by atoms with Crippen LogP contribution in [-0.2, 0) is 30.3 Å². The highest BCUT2D eigenvalue weighted by Crippen LogP contribution is 2.35. The smallest absolute Gasteiger partial charge is 0.326 e. The number of likely N-dealkylation sites (tertiary alicyclic amines) is 1. The second-order valence-corrected chi connectivity index (χ2v) is 7.58. The molecule has 8 nitrogen and oxygen atoms in total. The normalized spacial score (nSPS) is 25.3. The van der Waals surface area contributed by atoms with Crippen LogP contribution in [0, 0.1) is 5.92 Å². The van der Waals surface area contributed by atoms with Gasteiger partial charge in [-0.3, -0.25) is 14.9 Å². The van der Waals surface area contributed by atoms with Crippen molar-refractivity contribution in [2.75, 3.05) is 19.8 Å². The molecule has 0 aromatic heterocycles. The van der Waals surface area contributed by atoms with E-state index in [0.29, 0.717) is 26.1 Å². The first-order valence-electron chi connectivity index (χ1n) is 10.0. The van der Waals surface area contributed by atoms with Crippen LogP contribution >= 0.6 is 0 Å². The molecule has 4 unspecified atom stereocenters. The van der Waals surface area contributed by atoms with Gasteiger partial charge in [-0.15, -0.1) is 0 Å². The van der Waals surface area contributed by atoms with Gasteiger partial charge in [-0.1, -0.05) is 30.3 Å². The topological polar surface area (TPSA) is 105 Å². The third-order valence-electron chi connectivity index (χ3n) is 5.60. The van der Waals surface area contributed by atoms with Crippen molar-refractivity contribution in [3.63, 3.8) is 0 Å². The van der Waals surface area contributed by atoms with Crippen LogP contribution < -0.4 is 5.32 Å². The van der Waals surface area contributed by atoms with Crippen LogP contribution in [0.5, 0.6) is 0 Å². The molecule has 2 heterocycles. The van der Waals surface area contributed by atoms with E-state index in [0.717, 1.165) is 5.56 Å². The number of carbonyl (C=O) groups excluding carboxylic acids is 2. The number of benzene rings is 1. The number of hydrogen-bond acceptors (Lipinski definition) is 6. The summed E-state index contributed by atoms with van der Waals surface area (Å²) >= 11 is 0. The molecule has 29 heavy (non-hydrogen) atoms. The van der Waals surface area contributed by atoms with Crippen molar-refractivity contribution in [3.05, 3.63) is 35.9 Å². The number of esters is 1. The van der Waals surface area contributed by atoms with E-state index in [-0.39, 0.29) is 24.5 Å². The lowest BCUT2D eigenvalue weighted by Gasteiger charge is -2.31. The maximum atomic E-state index is 13.2. The number of hydrogen-bond donors (Lipinski definition) is 2. The number of nitrogens with one attached hydrogen (secondary N) is 1. The summed E-state index contributed by atoms with van der Waals surface area (Å²) in [5, 5.41) is 12.6. The van der Waals surface area contributed by atoms with Gasteiger partial charge in [0.05, 0.1) is 31.9 Å². The first-order chi connectivity index (χ1) is 13.9. The molecule has 0 radical (unpaired) electrons. The molecule has 1 amide bonds. The number of nitrogens with zero attached hydrogens (tertiary/aromatic N) is 1. The van der Waals surface area contributed by atoms with Gasteiger partial charge >= 0.3 is 11.9 Å². The number of ether oxygens (including phenoxy) is 2. The first-order valence-corrected chi connectivity index (χ1v) is 10.0. The summed E-state index contributed by atoms with van der Waals surface area (Å²) in [4.78, 5) is 38.8. The quantitative estimate of drug-likeness (QED) is 0.619. The largest absolute Gasteiger partial charge is 0.480 e. The Kier molecular flexibility index (Phi) is 6.87. The Labute approximate surface area is 170 Å². The van der Waals surface area contributed by atoms with Crippen molar-refractivity contribution in [2.24, 2.45) is 5.92 Å². The van der Waals surface area contributed by atoms with Crippen LogP contribution in [0.25, 0.3) is 0 Å². The summed E-state index contributed by atoms with van der Waals surface area (Å²) in [6, 6.07) is 6.92. The lowest BCUT2D eigenvalue weighted by molar-refractivity contribution is -0.152. The summed E-state index contributed by atoms with van der Waals surface area (Å²) in [5.74, 6) is -1.74. The Morgan fingerprint density at radius 3 is 2.66 bits per heavy atom. The molecule has 8 heteroatoms. The fourth-order valence-corrected chi connectivity index (χ4v) is 4.19. The van der Waals surface area contributed by atoms with E-state index in [1.807, 2.05) is 30.3 Å². The number of carboxylic acid groups (broad SMARTS) is 1. The number of carbonyl (C=O) groups is 3. The van der Waals surface area contributed by atoms with E-state index in [2.05, 4.69) is 5.32 Å². The summed E-state index contributed by atoms with van der Waals surface area (Å²) in [6.45, 7) is 4.44. The predicted octanol–water partition coefficient (Wildman–Crippen LogP) is 0.839. The Morgan fingerprint density at radius 2 is 2.00 bits per heavy atom. The molecule has 2 saturated heterocycles. The molecule has 2 aliphatic rings. The SMILES string of the molecule is CCOC(=O)C(Cc1ccccc1)N[C@@H](C)C(=O)N1C(C(=O)O)CC2COCC21. The van der Waals surface area contributed by atoms with Gasteiger partial charge in [0.15, 0.2) is 0 Å². The lowest BCUT2D eigenvalue weighted by Crippen LogP contribution is -2.56. The number of amides is 1. The van der Waals surface area contributed by atoms with Gasteiger partial charge in [0.25, 0.3) is 0 Å². The highest BCUT2D eigenvalue weighted by atomic mass is 16.5. The molecule has 0 bridgehead atoms. The number of fused-ring (bicyclic) bond motifs is 1. The Hall–Kier alpha value is -2.45. The minimum Gasteiger partial charge on any atom is -0.480 e. The molecule has 0 saturated carbocycles. The summed E-state index contributed by atoms with van der Waals surface area (Å²) in [7, 11) is 0. The highest BCUT2D eigenvalue weighted by molar-refractivity contribution is 5.88. The third kappa shape index (κ3) is 4.76. The zero-order valence-corrected chi connectivity index (χ0v) is 16.7. The Balaban J connectivity index is 1.73. The molecule has 5 atom stereocenters. The maximum absolute atomic E-state index is 13.2. The minimum atomic E-state index is -1.01. The highest BCUT2D eigenvalue weighted by Gasteiger charge is 2.50. The number of carboxylic acids is 1. The maximum Gasteiger partial charge on any atom is 0.326 e. The van der Waals surface area contributed by atoms with E-state index >= 15 is 0 Å². The fourth-order valence-electron chi connectivity index (χ4n) is 4.19. The second-order valence-electron chi connectivity index (χ2n) is 7.58. The van der Waals surface area contributed by atoms with Gasteiger partial charge in [0.2, 0.25) is 5.91 Å². The molecular formula is C21H28N2O6. The third-order valence-corrected chi connectivity index (χ3v) is 5.60. The molecule has 0 aliphatic carbocycles. The lowest BCUT2D eigenvalue weighted by atomic mass is 10.0. The van der Waals surface area contributed by atoms with E-state index in [1.165, 1.54) is 4.90 Å². The van der Waals surface area contributed by atoms with E-state index in [4.69, 9.17) is 9.47 Å². The molecule has 2 aliphatic heterocycles. The summed E-state index contributed by atoms with van der Waals surface area (Å²) in [5.41, 5.74) is 0.937. The van der Waals surface area contributed by atoms with Crippen molar-refractivity contribution in [2.45, 2.75) is 50.9 Å². The standard InChI is InChI=1S/C21H28N2O6/c1-3-29-21(27)16(9-14-7-5-4-6-8-14)22-13(2)19(24)23-17(20(25)26)10-15-11-28-12-18(15)23/h4-8,13,15-18,22H,3,9-12H2,1-2H3,(H,25,26)/t13-,15?,16?,17?,18?/m0/s1. The zero-order chi connectivity index (χ0) is 21.0. The molecule has 1 aromatic rings. The van der Waals surface area contributed by atoms with Crippen LogP contribution in [-0.4, -0.2) is 71.8 Å². The minimum absolute atomic E-state index is 0.0393. The molecular weight excluding hydrogens is 376 g/mol. The second kappa shape index (κ2) is 9.37. The fraction of sp³-hybridized carbons (Fsp3) is 0.571. The van der Waals surface area contributed by atoms with E-state index < -0.39 is 30.1 Å². The molecule has 158 valence electrons. The zero-order valence-electron chi connectivity index (χ0n) is 16.7. The van der Waals surface area contributed by atoms with E-state index in [9.17, 15) is 19.5 Å². The summed E-state index contributed by atoms with van der Waals surface area (Å²) in [6.07, 6.45) is 0.762. The monoisotopic (exact) mass is 404 g/mol. The van der Waals surface area contributed by atoms with Gasteiger partial charge < -0.3 is 19.5 Å². The van der Waals surface area contributed by atoms with Crippen molar-refractivity contribution in [1.82, 2.24) is 10.2 Å². The average Bonchev–Trinajstić information content (AvgIpc) is 3.29.